The van der Waals surface area contributed by atoms with Crippen molar-refractivity contribution >= 4 is 81.1 Å². The Hall–Kier alpha value is -0.630. The van der Waals surface area contributed by atoms with Gasteiger partial charge in [-0.15, -0.1) is 0 Å². The molecule has 0 heterocycles. The minimum Gasteiger partial charge on any atom is -0.298 e. The largest absolute Gasteiger partial charge is 0.298 e. The highest BCUT2D eigenvalue weighted by Gasteiger charge is 2.28. The molecule has 0 saturated carbocycles. The van der Waals surface area contributed by atoms with Crippen LogP contribution in [0.15, 0.2) is 48.5 Å². The van der Waals surface area contributed by atoms with Crippen molar-refractivity contribution in [1.29, 1.82) is 0 Å². The van der Waals surface area contributed by atoms with E-state index in [1.165, 1.54) is 0 Å². The van der Waals surface area contributed by atoms with E-state index in [0.717, 1.165) is 11.1 Å². The van der Waals surface area contributed by atoms with E-state index in [9.17, 15) is 14.4 Å². The van der Waals surface area contributed by atoms with E-state index in [0.29, 0.717) is 21.8 Å². The molecule has 2 atom stereocenters. The number of carbonyl (C=O) groups excluding carboxylic acids is 3. The molecule has 0 N–H and O–H groups in total. The van der Waals surface area contributed by atoms with Crippen molar-refractivity contribution in [2.24, 2.45) is 0 Å². The van der Waals surface area contributed by atoms with E-state index >= 15 is 0 Å². The van der Waals surface area contributed by atoms with Crippen molar-refractivity contribution in [3.05, 3.63) is 70.8 Å². The zero-order valence-electron chi connectivity index (χ0n) is 14.8. The number of alkyl halides is 4. The number of benzene rings is 2. The van der Waals surface area contributed by atoms with Gasteiger partial charge >= 0.3 is 0 Å². The molecular formula is C21H18Br4O3. The van der Waals surface area contributed by atoms with Gasteiger partial charge < -0.3 is 0 Å². The van der Waals surface area contributed by atoms with Gasteiger partial charge in [0.1, 0.15) is 5.78 Å². The van der Waals surface area contributed by atoms with Gasteiger partial charge in [-0.25, -0.2) is 0 Å². The van der Waals surface area contributed by atoms with Gasteiger partial charge in [-0.1, -0.05) is 112 Å². The Bertz CT molecular complexity index is 762. The van der Waals surface area contributed by atoms with Gasteiger partial charge in [0.25, 0.3) is 0 Å². The van der Waals surface area contributed by atoms with Gasteiger partial charge in [-0.05, 0) is 11.1 Å². The first-order valence-electron chi connectivity index (χ1n) is 8.50. The topological polar surface area (TPSA) is 51.2 Å². The van der Waals surface area contributed by atoms with Crippen LogP contribution in [0, 0.1) is 0 Å². The van der Waals surface area contributed by atoms with Crippen LogP contribution in [0.1, 0.15) is 43.7 Å². The summed E-state index contributed by atoms with van der Waals surface area (Å²) in [4.78, 5) is 36.8. The molecule has 0 fully saturated rings. The zero-order valence-corrected chi connectivity index (χ0v) is 21.2. The first kappa shape index (κ1) is 23.6. The molecule has 0 aliphatic heterocycles. The molecule has 2 rings (SSSR count). The number of rotatable bonds is 10. The number of ketones is 3. The van der Waals surface area contributed by atoms with E-state index in [4.69, 9.17) is 0 Å². The quantitative estimate of drug-likeness (QED) is 0.235. The number of Topliss-reactive ketones (excluding diaryl/α,β-unsaturated/α-hetero) is 3. The third kappa shape index (κ3) is 5.71. The average molecular weight is 638 g/mol. The maximum absolute atomic E-state index is 13.2. The summed E-state index contributed by atoms with van der Waals surface area (Å²) >= 11 is 13.3. The molecule has 0 amide bonds. The zero-order chi connectivity index (χ0) is 20.7. The average Bonchev–Trinajstić information content (AvgIpc) is 2.74. The lowest BCUT2D eigenvalue weighted by atomic mass is 9.85. The highest BCUT2D eigenvalue weighted by atomic mass is 79.9. The van der Waals surface area contributed by atoms with Crippen LogP contribution in [0.25, 0.3) is 0 Å². The summed E-state index contributed by atoms with van der Waals surface area (Å²) in [7, 11) is 0. The maximum atomic E-state index is 13.2. The Morgan fingerprint density at radius 2 is 0.929 bits per heavy atom. The van der Waals surface area contributed by atoms with Gasteiger partial charge in [-0.2, -0.15) is 0 Å². The third-order valence-electron chi connectivity index (χ3n) is 4.51. The lowest BCUT2D eigenvalue weighted by Gasteiger charge is -2.21. The fraction of sp³-hybridized carbons (Fsp3) is 0.286. The second-order valence-electron chi connectivity index (χ2n) is 6.17. The molecule has 0 saturated heterocycles. The first-order chi connectivity index (χ1) is 13.5. The van der Waals surface area contributed by atoms with Crippen LogP contribution in [0.3, 0.4) is 0 Å². The molecular weight excluding hydrogens is 620 g/mol. The van der Waals surface area contributed by atoms with Crippen LogP contribution in [0.5, 0.6) is 0 Å². The molecule has 2 aromatic carbocycles. The Morgan fingerprint density at radius 3 is 1.18 bits per heavy atom. The molecule has 2 aromatic rings. The fourth-order valence-electron chi connectivity index (χ4n) is 2.86. The highest BCUT2D eigenvalue weighted by Crippen LogP contribution is 2.30. The minimum atomic E-state index is -0.334. The molecule has 0 aliphatic carbocycles. The molecule has 148 valence electrons. The van der Waals surface area contributed by atoms with Crippen molar-refractivity contribution < 1.29 is 14.4 Å². The standard InChI is InChI=1S/C21H18Br4O3/c22-9-17(13-1-5-15(6-2-13)19(26)11-24)21(28)18(10-23)14-3-7-16(8-4-14)20(27)12-25/h1-8,17-18H,9-12H2. The normalized spacial score (nSPS) is 13.0. The summed E-state index contributed by atoms with van der Waals surface area (Å²) in [6, 6.07) is 14.4. The third-order valence-corrected chi connectivity index (χ3v) is 6.82. The van der Waals surface area contributed by atoms with Gasteiger partial charge in [0, 0.05) is 21.8 Å². The Morgan fingerprint density at radius 1 is 0.607 bits per heavy atom. The summed E-state index contributed by atoms with van der Waals surface area (Å²) in [5.74, 6) is -0.582. The summed E-state index contributed by atoms with van der Waals surface area (Å²) < 4.78 is 0. The van der Waals surface area contributed by atoms with Crippen molar-refractivity contribution in [3.63, 3.8) is 0 Å². The van der Waals surface area contributed by atoms with Gasteiger partial charge in [0.05, 0.1) is 22.5 Å². The summed E-state index contributed by atoms with van der Waals surface area (Å²) in [6.45, 7) is 0. The van der Waals surface area contributed by atoms with E-state index in [2.05, 4.69) is 63.7 Å². The second kappa shape index (κ2) is 11.5. The monoisotopic (exact) mass is 634 g/mol. The lowest BCUT2D eigenvalue weighted by Crippen LogP contribution is -2.23. The highest BCUT2D eigenvalue weighted by molar-refractivity contribution is 9.10. The minimum absolute atomic E-state index is 0.00437. The predicted octanol–water partition coefficient (Wildman–Crippen LogP) is 6.07. The molecule has 2 unspecified atom stereocenters. The number of carbonyl (C=O) groups is 3. The molecule has 0 spiro atoms. The SMILES string of the molecule is O=C(CBr)c1ccc(C(CBr)C(=O)C(CBr)c2ccc(C(=O)CBr)cc2)cc1. The van der Waals surface area contributed by atoms with Crippen LogP contribution >= 0.6 is 63.7 Å². The van der Waals surface area contributed by atoms with Crippen LogP contribution in [-0.4, -0.2) is 38.7 Å². The summed E-state index contributed by atoms with van der Waals surface area (Å²) in [6.07, 6.45) is 0. The lowest BCUT2D eigenvalue weighted by molar-refractivity contribution is -0.121. The summed E-state index contributed by atoms with van der Waals surface area (Å²) in [5.41, 5.74) is 2.96. The number of halogens is 4. The summed E-state index contributed by atoms with van der Waals surface area (Å²) in [5, 5.41) is 1.52. The Kier molecular flexibility index (Phi) is 9.74. The van der Waals surface area contributed by atoms with Crippen LogP contribution in [-0.2, 0) is 4.79 Å². The smallest absolute Gasteiger partial charge is 0.173 e. The van der Waals surface area contributed by atoms with Crippen molar-refractivity contribution in [1.82, 2.24) is 0 Å². The molecule has 0 aromatic heterocycles. The van der Waals surface area contributed by atoms with Gasteiger partial charge in [-0.3, -0.25) is 14.4 Å². The van der Waals surface area contributed by atoms with Crippen molar-refractivity contribution in [2.75, 3.05) is 21.3 Å². The van der Waals surface area contributed by atoms with Crippen LogP contribution in [0.4, 0.5) is 0 Å². The van der Waals surface area contributed by atoms with Crippen molar-refractivity contribution in [3.8, 4) is 0 Å². The number of hydrogen-bond donors (Lipinski definition) is 0. The maximum Gasteiger partial charge on any atom is 0.173 e. The molecule has 7 heteroatoms. The molecule has 3 nitrogen and oxygen atoms in total. The van der Waals surface area contributed by atoms with E-state index in [-0.39, 0.29) is 39.8 Å². The van der Waals surface area contributed by atoms with E-state index < -0.39 is 0 Å². The Labute approximate surface area is 198 Å². The van der Waals surface area contributed by atoms with E-state index in [1.807, 2.05) is 24.3 Å². The molecule has 0 radical (unpaired) electrons. The van der Waals surface area contributed by atoms with Crippen molar-refractivity contribution in [2.45, 2.75) is 11.8 Å². The van der Waals surface area contributed by atoms with Crippen LogP contribution < -0.4 is 0 Å². The second-order valence-corrected chi connectivity index (χ2v) is 8.59. The first-order valence-corrected chi connectivity index (χ1v) is 13.0. The van der Waals surface area contributed by atoms with E-state index in [1.54, 1.807) is 24.3 Å². The molecule has 28 heavy (non-hydrogen) atoms. The number of hydrogen-bond acceptors (Lipinski definition) is 3. The predicted molar refractivity (Wildman–Crippen MR) is 127 cm³/mol. The Balaban J connectivity index is 2.26. The van der Waals surface area contributed by atoms with Gasteiger partial charge in [0.15, 0.2) is 11.6 Å². The molecule has 0 aliphatic rings. The van der Waals surface area contributed by atoms with Crippen LogP contribution in [0.2, 0.25) is 0 Å². The van der Waals surface area contributed by atoms with Gasteiger partial charge in [0.2, 0.25) is 0 Å². The molecule has 0 bridgehead atoms. The fourth-order valence-corrected chi connectivity index (χ4v) is 4.89.